The number of nitriles is 1. The van der Waals surface area contributed by atoms with Crippen LogP contribution in [0.1, 0.15) is 5.56 Å². The van der Waals surface area contributed by atoms with Gasteiger partial charge in [0, 0.05) is 53.3 Å². The first-order valence-electron chi connectivity index (χ1n) is 16.6. The molecular formula is C45H26N4S. The molecule has 7 aromatic carbocycles. The maximum Gasteiger partial charge on any atom is 0.160 e. The molecule has 0 atom stereocenters. The van der Waals surface area contributed by atoms with Gasteiger partial charge in [-0.15, -0.1) is 11.3 Å². The van der Waals surface area contributed by atoms with E-state index in [1.165, 1.54) is 20.2 Å². The molecular weight excluding hydrogens is 629 g/mol. The molecule has 0 radical (unpaired) electrons. The van der Waals surface area contributed by atoms with Crippen molar-refractivity contribution in [3.63, 3.8) is 0 Å². The number of hydrogen-bond acceptors (Lipinski definition) is 4. The second-order valence-electron chi connectivity index (χ2n) is 12.5. The summed E-state index contributed by atoms with van der Waals surface area (Å²) in [6.07, 6.45) is 0. The van der Waals surface area contributed by atoms with Crippen LogP contribution in [0.3, 0.4) is 0 Å². The fourth-order valence-corrected chi connectivity index (χ4v) is 8.48. The maximum atomic E-state index is 11.0. The molecule has 10 aromatic rings. The van der Waals surface area contributed by atoms with Crippen molar-refractivity contribution in [1.29, 1.82) is 5.26 Å². The van der Waals surface area contributed by atoms with Crippen LogP contribution >= 0.6 is 11.3 Å². The highest BCUT2D eigenvalue weighted by atomic mass is 32.1. The van der Waals surface area contributed by atoms with Crippen LogP contribution in [-0.2, 0) is 0 Å². The number of para-hydroxylation sites is 1. The Morgan fingerprint density at radius 2 is 1.26 bits per heavy atom. The zero-order chi connectivity index (χ0) is 33.2. The van der Waals surface area contributed by atoms with Gasteiger partial charge in [0.1, 0.15) is 11.6 Å². The van der Waals surface area contributed by atoms with E-state index in [0.29, 0.717) is 22.8 Å². The van der Waals surface area contributed by atoms with Crippen LogP contribution in [0.2, 0.25) is 0 Å². The Labute approximate surface area is 291 Å². The monoisotopic (exact) mass is 654 g/mol. The zero-order valence-corrected chi connectivity index (χ0v) is 27.5. The smallest absolute Gasteiger partial charge is 0.160 e. The van der Waals surface area contributed by atoms with Crippen molar-refractivity contribution in [2.45, 2.75) is 0 Å². The molecule has 50 heavy (non-hydrogen) atoms. The Bertz CT molecular complexity index is 2990. The second kappa shape index (κ2) is 11.2. The SMILES string of the molecule is N#Cc1c(-c2ccc3ccccc3c2)nc(-c2ccccc2)nc1-c1cccc2c1c1cc3c(cc1n2-c1ccccc1)sc1ccccc13. The predicted octanol–water partition coefficient (Wildman–Crippen LogP) is 12.0. The fourth-order valence-electron chi connectivity index (χ4n) is 7.36. The summed E-state index contributed by atoms with van der Waals surface area (Å²) in [4.78, 5) is 10.3. The molecule has 0 unspecified atom stereocenters. The topological polar surface area (TPSA) is 54.5 Å². The highest BCUT2D eigenvalue weighted by Gasteiger charge is 2.24. The van der Waals surface area contributed by atoms with Gasteiger partial charge in [0.2, 0.25) is 0 Å². The molecule has 10 rings (SSSR count). The summed E-state index contributed by atoms with van der Waals surface area (Å²) in [6, 6.07) is 57.3. The molecule has 0 spiro atoms. The quantitative estimate of drug-likeness (QED) is 0.190. The summed E-state index contributed by atoms with van der Waals surface area (Å²) in [5, 5.41) is 17.8. The van der Waals surface area contributed by atoms with E-state index in [1.54, 1.807) is 0 Å². The molecule has 0 saturated carbocycles. The number of aromatic nitrogens is 3. The van der Waals surface area contributed by atoms with Gasteiger partial charge in [-0.05, 0) is 53.2 Å². The van der Waals surface area contributed by atoms with Crippen LogP contribution in [0.4, 0.5) is 0 Å². The van der Waals surface area contributed by atoms with Gasteiger partial charge < -0.3 is 4.57 Å². The number of benzene rings is 7. The normalized spacial score (nSPS) is 11.6. The van der Waals surface area contributed by atoms with Crippen LogP contribution < -0.4 is 0 Å². The zero-order valence-electron chi connectivity index (χ0n) is 26.7. The van der Waals surface area contributed by atoms with Crippen molar-refractivity contribution in [2.24, 2.45) is 0 Å². The van der Waals surface area contributed by atoms with Crippen LogP contribution in [0.25, 0.3) is 92.3 Å². The maximum absolute atomic E-state index is 11.0. The van der Waals surface area contributed by atoms with Crippen molar-refractivity contribution in [3.8, 4) is 45.7 Å². The summed E-state index contributed by atoms with van der Waals surface area (Å²) in [7, 11) is 0. The molecule has 0 aliphatic heterocycles. The Balaban J connectivity index is 1.34. The van der Waals surface area contributed by atoms with E-state index < -0.39 is 0 Å². The molecule has 0 amide bonds. The lowest BCUT2D eigenvalue weighted by atomic mass is 9.95. The van der Waals surface area contributed by atoms with Gasteiger partial charge in [-0.3, -0.25) is 0 Å². The largest absolute Gasteiger partial charge is 0.309 e. The lowest BCUT2D eigenvalue weighted by molar-refractivity contribution is 1.17. The predicted molar refractivity (Wildman–Crippen MR) is 208 cm³/mol. The first-order valence-corrected chi connectivity index (χ1v) is 17.4. The highest BCUT2D eigenvalue weighted by Crippen LogP contribution is 2.44. The molecule has 5 heteroatoms. The molecule has 0 aliphatic rings. The van der Waals surface area contributed by atoms with E-state index in [2.05, 4.69) is 120 Å². The minimum atomic E-state index is 0.454. The molecule has 0 N–H and O–H groups in total. The number of nitrogens with zero attached hydrogens (tertiary/aromatic N) is 4. The Morgan fingerprint density at radius 3 is 2.10 bits per heavy atom. The van der Waals surface area contributed by atoms with Gasteiger partial charge in [-0.2, -0.15) is 5.26 Å². The number of fused-ring (bicyclic) bond motifs is 7. The lowest BCUT2D eigenvalue weighted by Crippen LogP contribution is -2.01. The summed E-state index contributed by atoms with van der Waals surface area (Å²) < 4.78 is 4.85. The third-order valence-electron chi connectivity index (χ3n) is 9.63. The van der Waals surface area contributed by atoms with Crippen molar-refractivity contribution < 1.29 is 0 Å². The Kier molecular flexibility index (Phi) is 6.38. The summed E-state index contributed by atoms with van der Waals surface area (Å²) in [5.41, 5.74) is 7.63. The average molecular weight is 655 g/mol. The first-order chi connectivity index (χ1) is 24.7. The summed E-state index contributed by atoms with van der Waals surface area (Å²) in [5.74, 6) is 0.581. The minimum Gasteiger partial charge on any atom is -0.309 e. The van der Waals surface area contributed by atoms with E-state index in [4.69, 9.17) is 9.97 Å². The molecule has 4 nitrogen and oxygen atoms in total. The highest BCUT2D eigenvalue weighted by molar-refractivity contribution is 7.25. The molecule has 0 aliphatic carbocycles. The van der Waals surface area contributed by atoms with Gasteiger partial charge >= 0.3 is 0 Å². The third kappa shape index (κ3) is 4.36. The summed E-state index contributed by atoms with van der Waals surface area (Å²) >= 11 is 1.82. The third-order valence-corrected chi connectivity index (χ3v) is 10.8. The van der Waals surface area contributed by atoms with Crippen molar-refractivity contribution in [2.75, 3.05) is 0 Å². The second-order valence-corrected chi connectivity index (χ2v) is 13.6. The van der Waals surface area contributed by atoms with E-state index in [0.717, 1.165) is 55.0 Å². The minimum absolute atomic E-state index is 0.454. The molecule has 0 bridgehead atoms. The van der Waals surface area contributed by atoms with Crippen molar-refractivity contribution >= 4 is 64.1 Å². The Morgan fingerprint density at radius 1 is 0.520 bits per heavy atom. The summed E-state index contributed by atoms with van der Waals surface area (Å²) in [6.45, 7) is 0. The van der Waals surface area contributed by atoms with E-state index >= 15 is 0 Å². The molecule has 232 valence electrons. The Hall–Kier alpha value is -6.61. The van der Waals surface area contributed by atoms with Gasteiger partial charge in [0.05, 0.1) is 22.4 Å². The molecule has 3 heterocycles. The van der Waals surface area contributed by atoms with E-state index in [-0.39, 0.29) is 0 Å². The number of hydrogen-bond donors (Lipinski definition) is 0. The van der Waals surface area contributed by atoms with Crippen LogP contribution in [-0.4, -0.2) is 14.5 Å². The van der Waals surface area contributed by atoms with Gasteiger partial charge in [0.15, 0.2) is 5.82 Å². The van der Waals surface area contributed by atoms with Crippen molar-refractivity contribution in [1.82, 2.24) is 14.5 Å². The van der Waals surface area contributed by atoms with Crippen LogP contribution in [0.15, 0.2) is 158 Å². The standard InChI is InChI=1S/C45H26N4S/c46-27-37-43(31-23-22-28-12-7-8-15-30(28)24-31)47-45(29-13-3-1-4-14-29)48-44(37)34-19-11-20-38-42(34)36-25-35-33-18-9-10-21-40(33)50-41(35)26-39(36)49(38)32-16-5-2-6-17-32/h1-26H. The fraction of sp³-hybridized carbons (Fsp3) is 0. The van der Waals surface area contributed by atoms with Crippen LogP contribution in [0.5, 0.6) is 0 Å². The van der Waals surface area contributed by atoms with E-state index in [1.807, 2.05) is 59.9 Å². The lowest BCUT2D eigenvalue weighted by Gasteiger charge is -2.14. The average Bonchev–Trinajstić information content (AvgIpc) is 3.71. The van der Waals surface area contributed by atoms with Gasteiger partial charge in [-0.25, -0.2) is 9.97 Å². The van der Waals surface area contributed by atoms with Gasteiger partial charge in [0.25, 0.3) is 0 Å². The molecule has 0 fully saturated rings. The first kappa shape index (κ1) is 28.4. The number of thiophene rings is 1. The molecule has 0 saturated heterocycles. The van der Waals surface area contributed by atoms with Crippen LogP contribution in [0, 0.1) is 11.3 Å². The van der Waals surface area contributed by atoms with E-state index in [9.17, 15) is 5.26 Å². The van der Waals surface area contributed by atoms with Gasteiger partial charge in [-0.1, -0.05) is 115 Å². The molecule has 3 aromatic heterocycles. The van der Waals surface area contributed by atoms with Crippen molar-refractivity contribution in [3.05, 3.63) is 163 Å². The number of rotatable bonds is 4.